The number of rotatable bonds is 3. The molecule has 1 aromatic carbocycles. The topological polar surface area (TPSA) is 41.9 Å². The van der Waals surface area contributed by atoms with Gasteiger partial charge in [0.05, 0.1) is 19.3 Å². The molecule has 2 atom stereocenters. The molecule has 1 saturated heterocycles. The number of aliphatic hydroxyl groups excluding tert-OH is 1. The second kappa shape index (κ2) is 5.79. The Labute approximate surface area is 121 Å². The molecule has 0 saturated carbocycles. The molecule has 0 spiro atoms. The molecule has 2 heterocycles. The Bertz CT molecular complexity index is 454. The van der Waals surface area contributed by atoms with E-state index in [2.05, 4.69) is 26.9 Å². The summed E-state index contributed by atoms with van der Waals surface area (Å²) < 4.78 is 12.5. The van der Waals surface area contributed by atoms with E-state index in [9.17, 15) is 0 Å². The molecule has 19 heavy (non-hydrogen) atoms. The Balaban J connectivity index is 1.58. The number of morpholine rings is 1. The molecule has 1 aromatic rings. The molecule has 0 bridgehead atoms. The summed E-state index contributed by atoms with van der Waals surface area (Å²) in [5.74, 6) is 1.00. The van der Waals surface area contributed by atoms with Crippen molar-refractivity contribution in [1.82, 2.24) is 4.90 Å². The van der Waals surface area contributed by atoms with E-state index < -0.39 is 0 Å². The van der Waals surface area contributed by atoms with Gasteiger partial charge in [0.2, 0.25) is 0 Å². The fraction of sp³-hybridized carbons (Fsp3) is 0.571. The SMILES string of the molecule is OCC1CN(CC2Cc3cc(Br)ccc3O2)CCO1. The summed E-state index contributed by atoms with van der Waals surface area (Å²) in [5, 5.41) is 9.15. The van der Waals surface area contributed by atoms with Crippen LogP contribution < -0.4 is 4.74 Å². The van der Waals surface area contributed by atoms with Crippen molar-refractivity contribution in [1.29, 1.82) is 0 Å². The number of hydrogen-bond donors (Lipinski definition) is 1. The minimum Gasteiger partial charge on any atom is -0.488 e. The van der Waals surface area contributed by atoms with Crippen LogP contribution in [-0.2, 0) is 11.2 Å². The average molecular weight is 328 g/mol. The molecular formula is C14H18BrNO3. The molecule has 0 aliphatic carbocycles. The van der Waals surface area contributed by atoms with Crippen LogP contribution in [-0.4, -0.2) is 55.1 Å². The summed E-state index contributed by atoms with van der Waals surface area (Å²) in [4.78, 5) is 2.32. The van der Waals surface area contributed by atoms with Crippen molar-refractivity contribution in [3.05, 3.63) is 28.2 Å². The maximum absolute atomic E-state index is 9.15. The van der Waals surface area contributed by atoms with Crippen LogP contribution in [0.25, 0.3) is 0 Å². The van der Waals surface area contributed by atoms with Crippen molar-refractivity contribution in [3.63, 3.8) is 0 Å². The molecule has 1 N–H and O–H groups in total. The Morgan fingerprint density at radius 3 is 3.11 bits per heavy atom. The maximum atomic E-state index is 9.15. The predicted molar refractivity (Wildman–Crippen MR) is 75.5 cm³/mol. The summed E-state index contributed by atoms with van der Waals surface area (Å²) in [6.45, 7) is 3.38. The molecule has 104 valence electrons. The highest BCUT2D eigenvalue weighted by molar-refractivity contribution is 9.10. The third-order valence-corrected chi connectivity index (χ3v) is 4.15. The van der Waals surface area contributed by atoms with Gasteiger partial charge in [0.15, 0.2) is 0 Å². The van der Waals surface area contributed by atoms with Crippen LogP contribution in [0.4, 0.5) is 0 Å². The van der Waals surface area contributed by atoms with E-state index in [1.807, 2.05) is 12.1 Å². The zero-order chi connectivity index (χ0) is 13.2. The molecule has 4 nitrogen and oxygen atoms in total. The summed E-state index contributed by atoms with van der Waals surface area (Å²) in [6, 6.07) is 6.16. The van der Waals surface area contributed by atoms with Gasteiger partial charge in [-0.2, -0.15) is 0 Å². The zero-order valence-electron chi connectivity index (χ0n) is 10.7. The Kier molecular flexibility index (Phi) is 4.07. The molecule has 1 fully saturated rings. The van der Waals surface area contributed by atoms with Crippen molar-refractivity contribution in [2.45, 2.75) is 18.6 Å². The summed E-state index contributed by atoms with van der Waals surface area (Å²) >= 11 is 3.49. The van der Waals surface area contributed by atoms with Gasteiger partial charge in [-0.3, -0.25) is 4.90 Å². The van der Waals surface area contributed by atoms with E-state index >= 15 is 0 Å². The first-order valence-electron chi connectivity index (χ1n) is 6.64. The first-order valence-corrected chi connectivity index (χ1v) is 7.44. The number of aliphatic hydroxyl groups is 1. The van der Waals surface area contributed by atoms with Crippen LogP contribution in [0, 0.1) is 0 Å². The molecule has 0 aromatic heterocycles. The van der Waals surface area contributed by atoms with Gasteiger partial charge in [0, 0.05) is 30.5 Å². The molecule has 0 radical (unpaired) electrons. The van der Waals surface area contributed by atoms with Crippen LogP contribution >= 0.6 is 15.9 Å². The minimum atomic E-state index is -0.0494. The van der Waals surface area contributed by atoms with Gasteiger partial charge < -0.3 is 14.6 Å². The van der Waals surface area contributed by atoms with Gasteiger partial charge >= 0.3 is 0 Å². The summed E-state index contributed by atoms with van der Waals surface area (Å²) in [7, 11) is 0. The third kappa shape index (κ3) is 3.11. The van der Waals surface area contributed by atoms with Crippen LogP contribution in [0.3, 0.4) is 0 Å². The number of benzene rings is 1. The number of fused-ring (bicyclic) bond motifs is 1. The molecule has 3 rings (SSSR count). The lowest BCUT2D eigenvalue weighted by molar-refractivity contribution is -0.0589. The van der Waals surface area contributed by atoms with Crippen LogP contribution in [0.2, 0.25) is 0 Å². The van der Waals surface area contributed by atoms with Crippen molar-refractivity contribution in [3.8, 4) is 5.75 Å². The lowest BCUT2D eigenvalue weighted by Crippen LogP contribution is -2.47. The van der Waals surface area contributed by atoms with Crippen molar-refractivity contribution in [2.75, 3.05) is 32.8 Å². The van der Waals surface area contributed by atoms with Gasteiger partial charge in [0.1, 0.15) is 11.9 Å². The second-order valence-corrected chi connectivity index (χ2v) is 6.05. The van der Waals surface area contributed by atoms with Gasteiger partial charge in [0.25, 0.3) is 0 Å². The maximum Gasteiger partial charge on any atom is 0.123 e. The van der Waals surface area contributed by atoms with E-state index in [0.717, 1.165) is 36.3 Å². The van der Waals surface area contributed by atoms with Crippen molar-refractivity contribution in [2.24, 2.45) is 0 Å². The molecule has 5 heteroatoms. The highest BCUT2D eigenvalue weighted by Gasteiger charge is 2.27. The lowest BCUT2D eigenvalue weighted by atomic mass is 10.1. The fourth-order valence-corrected chi connectivity index (χ4v) is 3.14. The Morgan fingerprint density at radius 1 is 1.37 bits per heavy atom. The molecule has 0 amide bonds. The number of halogens is 1. The number of nitrogens with zero attached hydrogens (tertiary/aromatic N) is 1. The van der Waals surface area contributed by atoms with E-state index in [-0.39, 0.29) is 18.8 Å². The molecular weight excluding hydrogens is 310 g/mol. The largest absolute Gasteiger partial charge is 0.488 e. The Hall–Kier alpha value is -0.620. The van der Waals surface area contributed by atoms with E-state index in [1.165, 1.54) is 5.56 Å². The van der Waals surface area contributed by atoms with Gasteiger partial charge in [-0.15, -0.1) is 0 Å². The van der Waals surface area contributed by atoms with Crippen molar-refractivity contribution >= 4 is 15.9 Å². The quantitative estimate of drug-likeness (QED) is 0.912. The van der Waals surface area contributed by atoms with Crippen LogP contribution in [0.15, 0.2) is 22.7 Å². The predicted octanol–water partition coefficient (Wildman–Crippen LogP) is 1.45. The molecule has 2 aliphatic heterocycles. The van der Waals surface area contributed by atoms with Crippen LogP contribution in [0.5, 0.6) is 5.75 Å². The zero-order valence-corrected chi connectivity index (χ0v) is 12.3. The summed E-state index contributed by atoms with van der Waals surface area (Å²) in [6.07, 6.45) is 1.11. The molecule has 2 aliphatic rings. The van der Waals surface area contributed by atoms with Crippen molar-refractivity contribution < 1.29 is 14.6 Å². The van der Waals surface area contributed by atoms with Crippen LogP contribution in [0.1, 0.15) is 5.56 Å². The van der Waals surface area contributed by atoms with Gasteiger partial charge in [-0.25, -0.2) is 0 Å². The minimum absolute atomic E-state index is 0.0494. The van der Waals surface area contributed by atoms with E-state index in [4.69, 9.17) is 14.6 Å². The van der Waals surface area contributed by atoms with E-state index in [0.29, 0.717) is 6.61 Å². The third-order valence-electron chi connectivity index (χ3n) is 3.65. The lowest BCUT2D eigenvalue weighted by Gasteiger charge is -2.33. The first-order chi connectivity index (χ1) is 9.24. The monoisotopic (exact) mass is 327 g/mol. The fourth-order valence-electron chi connectivity index (χ4n) is 2.74. The number of ether oxygens (including phenoxy) is 2. The molecule has 2 unspecified atom stereocenters. The smallest absolute Gasteiger partial charge is 0.123 e. The number of hydrogen-bond acceptors (Lipinski definition) is 4. The average Bonchev–Trinajstić information content (AvgIpc) is 2.80. The Morgan fingerprint density at radius 2 is 2.26 bits per heavy atom. The second-order valence-electron chi connectivity index (χ2n) is 5.13. The first kappa shape index (κ1) is 13.4. The van der Waals surface area contributed by atoms with Gasteiger partial charge in [-0.1, -0.05) is 15.9 Å². The normalized spacial score (nSPS) is 27.1. The highest BCUT2D eigenvalue weighted by atomic mass is 79.9. The standard InChI is InChI=1S/C14H18BrNO3/c15-11-1-2-14-10(5-11)6-12(19-14)7-16-3-4-18-13(8-16)9-17/h1-2,5,12-13,17H,3-4,6-9H2. The highest BCUT2D eigenvalue weighted by Crippen LogP contribution is 2.31. The van der Waals surface area contributed by atoms with Gasteiger partial charge in [-0.05, 0) is 23.8 Å². The summed E-state index contributed by atoms with van der Waals surface area (Å²) in [5.41, 5.74) is 1.27. The van der Waals surface area contributed by atoms with E-state index in [1.54, 1.807) is 0 Å².